The fraction of sp³-hybridized carbons (Fsp3) is 0.269. The van der Waals surface area contributed by atoms with Gasteiger partial charge in [0.2, 0.25) is 5.91 Å². The predicted octanol–water partition coefficient (Wildman–Crippen LogP) is 5.79. The van der Waals surface area contributed by atoms with Gasteiger partial charge in [0.15, 0.2) is 0 Å². The van der Waals surface area contributed by atoms with Gasteiger partial charge in [-0.05, 0) is 41.7 Å². The smallest absolute Gasteiger partial charge is 0.221 e. The molecule has 1 aliphatic heterocycles. The second-order valence-corrected chi connectivity index (χ2v) is 8.75. The molecule has 1 heterocycles. The van der Waals surface area contributed by atoms with E-state index in [1.165, 1.54) is 0 Å². The SMILES string of the molecule is O=C(CC(c1ccccc1)c1ccccc1)NC1(c2cccc(Br)c2)CCOCC1. The van der Waals surface area contributed by atoms with Crippen molar-refractivity contribution in [2.75, 3.05) is 13.2 Å². The monoisotopic (exact) mass is 463 g/mol. The molecule has 1 amide bonds. The molecule has 154 valence electrons. The molecule has 4 rings (SSSR count). The highest BCUT2D eigenvalue weighted by atomic mass is 79.9. The summed E-state index contributed by atoms with van der Waals surface area (Å²) in [5.41, 5.74) is 3.05. The van der Waals surface area contributed by atoms with E-state index in [0.29, 0.717) is 19.6 Å². The zero-order chi connectivity index (χ0) is 20.8. The average molecular weight is 464 g/mol. The summed E-state index contributed by atoms with van der Waals surface area (Å²) < 4.78 is 6.63. The van der Waals surface area contributed by atoms with Crippen molar-refractivity contribution < 1.29 is 9.53 Å². The van der Waals surface area contributed by atoms with E-state index in [4.69, 9.17) is 4.74 Å². The first-order valence-electron chi connectivity index (χ1n) is 10.4. The van der Waals surface area contributed by atoms with Crippen molar-refractivity contribution in [3.8, 4) is 0 Å². The van der Waals surface area contributed by atoms with Gasteiger partial charge in [-0.2, -0.15) is 0 Å². The molecule has 30 heavy (non-hydrogen) atoms. The average Bonchev–Trinajstić information content (AvgIpc) is 2.79. The zero-order valence-electron chi connectivity index (χ0n) is 16.9. The van der Waals surface area contributed by atoms with E-state index in [2.05, 4.69) is 57.6 Å². The highest BCUT2D eigenvalue weighted by Crippen LogP contribution is 2.35. The van der Waals surface area contributed by atoms with Crippen molar-refractivity contribution in [3.63, 3.8) is 0 Å². The number of halogens is 1. The normalized spacial score (nSPS) is 15.7. The maximum absolute atomic E-state index is 13.4. The van der Waals surface area contributed by atoms with Gasteiger partial charge < -0.3 is 10.1 Å². The number of hydrogen-bond donors (Lipinski definition) is 1. The number of carbonyl (C=O) groups is 1. The molecule has 1 fully saturated rings. The van der Waals surface area contributed by atoms with Crippen molar-refractivity contribution in [2.24, 2.45) is 0 Å². The lowest BCUT2D eigenvalue weighted by atomic mass is 9.81. The van der Waals surface area contributed by atoms with Gasteiger partial charge in [0, 0.05) is 30.0 Å². The summed E-state index contributed by atoms with van der Waals surface area (Å²) in [6, 6.07) is 28.8. The first-order chi connectivity index (χ1) is 14.7. The van der Waals surface area contributed by atoms with Gasteiger partial charge >= 0.3 is 0 Å². The van der Waals surface area contributed by atoms with Crippen LogP contribution < -0.4 is 5.32 Å². The van der Waals surface area contributed by atoms with Gasteiger partial charge in [-0.1, -0.05) is 88.7 Å². The van der Waals surface area contributed by atoms with Crippen LogP contribution in [-0.4, -0.2) is 19.1 Å². The number of nitrogens with one attached hydrogen (secondary N) is 1. The Hall–Kier alpha value is -2.43. The number of ether oxygens (including phenoxy) is 1. The maximum atomic E-state index is 13.4. The van der Waals surface area contributed by atoms with Crippen LogP contribution >= 0.6 is 15.9 Å². The van der Waals surface area contributed by atoms with Crippen LogP contribution in [0.3, 0.4) is 0 Å². The van der Waals surface area contributed by atoms with Crippen LogP contribution in [0.15, 0.2) is 89.4 Å². The minimum Gasteiger partial charge on any atom is -0.381 e. The molecule has 1 N–H and O–H groups in total. The van der Waals surface area contributed by atoms with Gasteiger partial charge in [-0.25, -0.2) is 0 Å². The third-order valence-electron chi connectivity index (χ3n) is 5.90. The highest BCUT2D eigenvalue weighted by Gasteiger charge is 2.36. The van der Waals surface area contributed by atoms with Gasteiger partial charge in [0.1, 0.15) is 0 Å². The fourth-order valence-electron chi connectivity index (χ4n) is 4.29. The van der Waals surface area contributed by atoms with Gasteiger partial charge in [-0.3, -0.25) is 4.79 Å². The Morgan fingerprint density at radius 3 is 2.07 bits per heavy atom. The van der Waals surface area contributed by atoms with Crippen LogP contribution in [0.4, 0.5) is 0 Å². The van der Waals surface area contributed by atoms with Crippen molar-refractivity contribution in [3.05, 3.63) is 106 Å². The Morgan fingerprint density at radius 2 is 1.50 bits per heavy atom. The van der Waals surface area contributed by atoms with E-state index in [9.17, 15) is 4.79 Å². The maximum Gasteiger partial charge on any atom is 0.221 e. The number of amides is 1. The van der Waals surface area contributed by atoms with Gasteiger partial charge in [-0.15, -0.1) is 0 Å². The molecule has 3 aromatic carbocycles. The molecule has 3 aromatic rings. The summed E-state index contributed by atoms with van der Waals surface area (Å²) >= 11 is 3.58. The van der Waals surface area contributed by atoms with Crippen LogP contribution in [0.5, 0.6) is 0 Å². The van der Waals surface area contributed by atoms with Crippen molar-refractivity contribution >= 4 is 21.8 Å². The van der Waals surface area contributed by atoms with Gasteiger partial charge in [0.25, 0.3) is 0 Å². The minimum absolute atomic E-state index is 0.0202. The molecule has 0 saturated carbocycles. The van der Waals surface area contributed by atoms with Crippen LogP contribution in [0.1, 0.15) is 41.9 Å². The topological polar surface area (TPSA) is 38.3 Å². The summed E-state index contributed by atoms with van der Waals surface area (Å²) in [7, 11) is 0. The fourth-order valence-corrected chi connectivity index (χ4v) is 4.69. The summed E-state index contributed by atoms with van der Waals surface area (Å²) in [6.07, 6.45) is 1.96. The highest BCUT2D eigenvalue weighted by molar-refractivity contribution is 9.10. The molecule has 0 aromatic heterocycles. The molecule has 1 saturated heterocycles. The molecule has 0 unspecified atom stereocenters. The first kappa shape index (κ1) is 20.8. The van der Waals surface area contributed by atoms with Crippen LogP contribution in [-0.2, 0) is 15.1 Å². The second-order valence-electron chi connectivity index (χ2n) is 7.83. The molecule has 0 bridgehead atoms. The van der Waals surface area contributed by atoms with Crippen molar-refractivity contribution in [1.29, 1.82) is 0 Å². The van der Waals surface area contributed by atoms with Crippen LogP contribution in [0, 0.1) is 0 Å². The number of rotatable bonds is 6. The van der Waals surface area contributed by atoms with Crippen molar-refractivity contribution in [2.45, 2.75) is 30.7 Å². The second kappa shape index (κ2) is 9.59. The lowest BCUT2D eigenvalue weighted by Gasteiger charge is -2.39. The molecule has 4 heteroatoms. The number of hydrogen-bond acceptors (Lipinski definition) is 2. The molecular weight excluding hydrogens is 438 g/mol. The minimum atomic E-state index is -0.392. The van der Waals surface area contributed by atoms with Gasteiger partial charge in [0.05, 0.1) is 5.54 Å². The van der Waals surface area contributed by atoms with E-state index in [-0.39, 0.29) is 11.8 Å². The standard InChI is InChI=1S/C26H26BrNO2/c27-23-13-7-12-22(18-23)26(14-16-30-17-15-26)28-25(29)19-24(20-8-3-1-4-9-20)21-10-5-2-6-11-21/h1-13,18,24H,14-17,19H2,(H,28,29). The quantitative estimate of drug-likeness (QED) is 0.501. The summed E-state index contributed by atoms with van der Waals surface area (Å²) in [6.45, 7) is 1.29. The molecule has 1 aliphatic rings. The number of carbonyl (C=O) groups excluding carboxylic acids is 1. The Morgan fingerprint density at radius 1 is 0.900 bits per heavy atom. The molecule has 0 spiro atoms. The van der Waals surface area contributed by atoms with Crippen LogP contribution in [0.2, 0.25) is 0 Å². The first-order valence-corrected chi connectivity index (χ1v) is 11.2. The van der Waals surface area contributed by atoms with E-state index in [1.807, 2.05) is 48.5 Å². The van der Waals surface area contributed by atoms with E-state index < -0.39 is 5.54 Å². The van der Waals surface area contributed by atoms with E-state index in [1.54, 1.807) is 0 Å². The third-order valence-corrected chi connectivity index (χ3v) is 6.39. The zero-order valence-corrected chi connectivity index (χ0v) is 18.5. The molecule has 0 atom stereocenters. The Bertz CT molecular complexity index is 929. The Labute approximate surface area is 186 Å². The lowest BCUT2D eigenvalue weighted by molar-refractivity contribution is -0.124. The molecule has 0 radical (unpaired) electrons. The Kier molecular flexibility index (Phi) is 6.66. The summed E-state index contributed by atoms with van der Waals surface area (Å²) in [5, 5.41) is 3.41. The number of benzene rings is 3. The largest absolute Gasteiger partial charge is 0.381 e. The van der Waals surface area contributed by atoms with Crippen molar-refractivity contribution in [1.82, 2.24) is 5.32 Å². The molecule has 0 aliphatic carbocycles. The molecular formula is C26H26BrNO2. The molecule has 3 nitrogen and oxygen atoms in total. The third kappa shape index (κ3) is 4.82. The summed E-state index contributed by atoms with van der Waals surface area (Å²) in [5.74, 6) is 0.0846. The predicted molar refractivity (Wildman–Crippen MR) is 123 cm³/mol. The van der Waals surface area contributed by atoms with E-state index >= 15 is 0 Å². The lowest BCUT2D eigenvalue weighted by Crippen LogP contribution is -2.49. The summed E-state index contributed by atoms with van der Waals surface area (Å²) in [4.78, 5) is 13.4. The van der Waals surface area contributed by atoms with E-state index in [0.717, 1.165) is 34.0 Å². The Balaban J connectivity index is 1.60. The van der Waals surface area contributed by atoms with Crippen LogP contribution in [0.25, 0.3) is 0 Å².